The molecule has 0 unspecified atom stereocenters. The molecule has 0 aliphatic carbocycles. The molecule has 0 aliphatic heterocycles. The Morgan fingerprint density at radius 1 is 0.862 bits per heavy atom. The van der Waals surface area contributed by atoms with Gasteiger partial charge in [0, 0.05) is 10.0 Å². The zero-order chi connectivity index (χ0) is 21.0. The SMILES string of the molecule is COC(=O)Cc1ccc(-c2ccccc2)cc1CS(=O)(=O)c1cc(Cl)cc(Cl)c1. The molecule has 7 heteroatoms. The number of halogens is 2. The normalized spacial score (nSPS) is 11.3. The van der Waals surface area contributed by atoms with E-state index in [0.717, 1.165) is 11.1 Å². The Hall–Kier alpha value is -2.34. The Labute approximate surface area is 180 Å². The highest BCUT2D eigenvalue weighted by Crippen LogP contribution is 2.28. The molecule has 150 valence electrons. The molecule has 0 radical (unpaired) electrons. The van der Waals surface area contributed by atoms with E-state index in [4.69, 9.17) is 27.9 Å². The minimum absolute atomic E-state index is 0.0211. The summed E-state index contributed by atoms with van der Waals surface area (Å²) in [6, 6.07) is 19.2. The first kappa shape index (κ1) is 21.4. The lowest BCUT2D eigenvalue weighted by molar-refractivity contribution is -0.139. The summed E-state index contributed by atoms with van der Waals surface area (Å²) < 4.78 is 30.8. The van der Waals surface area contributed by atoms with Crippen molar-refractivity contribution in [1.82, 2.24) is 0 Å². The summed E-state index contributed by atoms with van der Waals surface area (Å²) in [6.45, 7) is 0. The largest absolute Gasteiger partial charge is 0.469 e. The van der Waals surface area contributed by atoms with Gasteiger partial charge in [-0.15, -0.1) is 0 Å². The third kappa shape index (κ3) is 5.38. The van der Waals surface area contributed by atoms with Gasteiger partial charge in [0.15, 0.2) is 9.84 Å². The van der Waals surface area contributed by atoms with Crippen LogP contribution >= 0.6 is 23.2 Å². The van der Waals surface area contributed by atoms with E-state index in [1.807, 2.05) is 36.4 Å². The van der Waals surface area contributed by atoms with Crippen LogP contribution in [0.1, 0.15) is 11.1 Å². The number of ether oxygens (including phenoxy) is 1. The Bertz CT molecular complexity index is 1120. The molecule has 0 atom stereocenters. The maximum Gasteiger partial charge on any atom is 0.309 e. The number of carbonyl (C=O) groups is 1. The number of hydrogen-bond donors (Lipinski definition) is 0. The lowest BCUT2D eigenvalue weighted by Crippen LogP contribution is -2.11. The topological polar surface area (TPSA) is 60.4 Å². The number of rotatable bonds is 6. The molecule has 0 spiro atoms. The molecule has 0 aromatic heterocycles. The second kappa shape index (κ2) is 8.99. The van der Waals surface area contributed by atoms with Crippen LogP contribution < -0.4 is 0 Å². The van der Waals surface area contributed by atoms with Gasteiger partial charge in [0.05, 0.1) is 24.2 Å². The molecule has 0 saturated carbocycles. The van der Waals surface area contributed by atoms with Crippen molar-refractivity contribution in [2.75, 3.05) is 7.11 Å². The molecule has 3 aromatic carbocycles. The molecule has 3 aromatic rings. The summed E-state index contributed by atoms with van der Waals surface area (Å²) >= 11 is 11.9. The van der Waals surface area contributed by atoms with Crippen LogP contribution in [0, 0.1) is 0 Å². The number of methoxy groups -OCH3 is 1. The van der Waals surface area contributed by atoms with Crippen LogP contribution in [-0.4, -0.2) is 21.5 Å². The number of sulfone groups is 1. The molecule has 29 heavy (non-hydrogen) atoms. The third-order valence-corrected chi connectivity index (χ3v) is 6.50. The molecule has 4 nitrogen and oxygen atoms in total. The fraction of sp³-hybridized carbons (Fsp3) is 0.136. The number of esters is 1. The maximum atomic E-state index is 13.0. The number of hydrogen-bond acceptors (Lipinski definition) is 4. The maximum absolute atomic E-state index is 13.0. The highest BCUT2D eigenvalue weighted by atomic mass is 35.5. The van der Waals surface area contributed by atoms with Crippen LogP contribution in [0.5, 0.6) is 0 Å². The Kier molecular flexibility index (Phi) is 6.63. The van der Waals surface area contributed by atoms with Crippen molar-refractivity contribution in [1.29, 1.82) is 0 Å². The zero-order valence-electron chi connectivity index (χ0n) is 15.6. The van der Waals surface area contributed by atoms with Crippen LogP contribution in [0.3, 0.4) is 0 Å². The Balaban J connectivity index is 2.05. The summed E-state index contributed by atoms with van der Waals surface area (Å²) in [5.41, 5.74) is 2.91. The van der Waals surface area contributed by atoms with E-state index in [0.29, 0.717) is 11.1 Å². The van der Waals surface area contributed by atoms with Gasteiger partial charge in [-0.25, -0.2) is 8.42 Å². The van der Waals surface area contributed by atoms with E-state index in [9.17, 15) is 13.2 Å². The average molecular weight is 449 g/mol. The van der Waals surface area contributed by atoms with E-state index in [1.165, 1.54) is 25.3 Å². The van der Waals surface area contributed by atoms with Crippen LogP contribution in [-0.2, 0) is 31.5 Å². The minimum Gasteiger partial charge on any atom is -0.469 e. The smallest absolute Gasteiger partial charge is 0.309 e. The van der Waals surface area contributed by atoms with Crippen molar-refractivity contribution in [3.63, 3.8) is 0 Å². The van der Waals surface area contributed by atoms with Crippen molar-refractivity contribution in [2.45, 2.75) is 17.1 Å². The molecular formula is C22H18Cl2O4S. The molecule has 3 rings (SSSR count). The van der Waals surface area contributed by atoms with Crippen LogP contribution in [0.2, 0.25) is 10.0 Å². The van der Waals surface area contributed by atoms with E-state index in [2.05, 4.69) is 0 Å². The average Bonchev–Trinajstić information content (AvgIpc) is 2.69. The van der Waals surface area contributed by atoms with Gasteiger partial charge in [0.1, 0.15) is 0 Å². The van der Waals surface area contributed by atoms with Crippen LogP contribution in [0.25, 0.3) is 11.1 Å². The van der Waals surface area contributed by atoms with Gasteiger partial charge >= 0.3 is 5.97 Å². The van der Waals surface area contributed by atoms with Crippen molar-refractivity contribution in [3.8, 4) is 11.1 Å². The summed E-state index contributed by atoms with van der Waals surface area (Å²) in [5.74, 6) is -0.738. The highest BCUT2D eigenvalue weighted by Gasteiger charge is 2.20. The van der Waals surface area contributed by atoms with E-state index < -0.39 is 15.8 Å². The quantitative estimate of drug-likeness (QED) is 0.476. The van der Waals surface area contributed by atoms with Crippen molar-refractivity contribution < 1.29 is 17.9 Å². The highest BCUT2D eigenvalue weighted by molar-refractivity contribution is 7.90. The molecule has 0 N–H and O–H groups in total. The number of carbonyl (C=O) groups excluding carboxylic acids is 1. The molecule has 0 saturated heterocycles. The Morgan fingerprint density at radius 3 is 2.14 bits per heavy atom. The van der Waals surface area contributed by atoms with Crippen molar-refractivity contribution >= 4 is 39.0 Å². The van der Waals surface area contributed by atoms with E-state index in [1.54, 1.807) is 12.1 Å². The van der Waals surface area contributed by atoms with Crippen LogP contribution in [0.4, 0.5) is 0 Å². The van der Waals surface area contributed by atoms with Gasteiger partial charge < -0.3 is 4.74 Å². The second-order valence-electron chi connectivity index (χ2n) is 6.47. The predicted octanol–water partition coefficient (Wildman–Crippen LogP) is 5.35. The standard InChI is InChI=1S/C22H18Cl2O4S/c1-28-22(25)10-17-8-7-16(15-5-3-2-4-6-15)9-18(17)14-29(26,27)21-12-19(23)11-20(24)13-21/h2-9,11-13H,10,14H2,1H3. The summed E-state index contributed by atoms with van der Waals surface area (Å²) in [4.78, 5) is 11.8. The van der Waals surface area contributed by atoms with Gasteiger partial charge in [0.2, 0.25) is 0 Å². The minimum atomic E-state index is -3.74. The first-order valence-corrected chi connectivity index (χ1v) is 11.1. The van der Waals surface area contributed by atoms with E-state index >= 15 is 0 Å². The summed E-state index contributed by atoms with van der Waals surface area (Å²) in [5, 5.41) is 0.479. The fourth-order valence-electron chi connectivity index (χ4n) is 2.97. The summed E-state index contributed by atoms with van der Waals surface area (Å²) in [7, 11) is -2.45. The molecule has 0 fully saturated rings. The molecule has 0 bridgehead atoms. The van der Waals surface area contributed by atoms with E-state index in [-0.39, 0.29) is 27.1 Å². The van der Waals surface area contributed by atoms with Crippen molar-refractivity contribution in [2.24, 2.45) is 0 Å². The Morgan fingerprint density at radius 2 is 1.52 bits per heavy atom. The third-order valence-electron chi connectivity index (χ3n) is 4.42. The first-order valence-electron chi connectivity index (χ1n) is 8.71. The van der Waals surface area contributed by atoms with Gasteiger partial charge in [-0.2, -0.15) is 0 Å². The van der Waals surface area contributed by atoms with Gasteiger partial charge in [-0.05, 0) is 46.5 Å². The predicted molar refractivity (Wildman–Crippen MR) is 115 cm³/mol. The number of benzene rings is 3. The van der Waals surface area contributed by atoms with Crippen molar-refractivity contribution in [3.05, 3.63) is 87.9 Å². The molecular weight excluding hydrogens is 431 g/mol. The zero-order valence-corrected chi connectivity index (χ0v) is 17.9. The second-order valence-corrected chi connectivity index (χ2v) is 9.33. The van der Waals surface area contributed by atoms with Gasteiger partial charge in [0.25, 0.3) is 0 Å². The fourth-order valence-corrected chi connectivity index (χ4v) is 5.08. The first-order chi connectivity index (χ1) is 13.8. The lowest BCUT2D eigenvalue weighted by Gasteiger charge is -2.13. The molecule has 0 heterocycles. The molecule has 0 amide bonds. The van der Waals surface area contributed by atoms with Gasteiger partial charge in [-0.3, -0.25) is 4.79 Å². The van der Waals surface area contributed by atoms with Gasteiger partial charge in [-0.1, -0.05) is 65.7 Å². The monoisotopic (exact) mass is 448 g/mol. The summed E-state index contributed by atoms with van der Waals surface area (Å²) in [6.07, 6.45) is -0.0211. The lowest BCUT2D eigenvalue weighted by atomic mass is 9.98. The molecule has 0 aliphatic rings. The van der Waals surface area contributed by atoms with Crippen LogP contribution in [0.15, 0.2) is 71.6 Å².